The van der Waals surface area contributed by atoms with Crippen LogP contribution in [0.15, 0.2) is 41.6 Å². The largest absolute Gasteiger partial charge is 0.312 e. The summed E-state index contributed by atoms with van der Waals surface area (Å²) in [6.07, 6.45) is 2.60. The number of carbonyl (C=O) groups excluding carboxylic acids is 2. The zero-order chi connectivity index (χ0) is 16.2. The Morgan fingerprint density at radius 3 is 2.78 bits per heavy atom. The molecule has 0 radical (unpaired) electrons. The topological polar surface area (TPSA) is 92.5 Å². The number of carbonyl (C=O) groups is 2. The molecule has 1 aromatic carbocycles. The van der Waals surface area contributed by atoms with E-state index in [0.717, 1.165) is 5.69 Å². The van der Waals surface area contributed by atoms with Gasteiger partial charge in [-0.3, -0.25) is 14.3 Å². The van der Waals surface area contributed by atoms with Crippen LogP contribution in [0, 0.1) is 0 Å². The molecule has 1 aliphatic rings. The molecular formula is C15H16N6O2. The van der Waals surface area contributed by atoms with Crippen molar-refractivity contribution in [3.8, 4) is 0 Å². The molecule has 1 N–H and O–H groups in total. The minimum atomic E-state index is -0.197. The van der Waals surface area contributed by atoms with Gasteiger partial charge in [0.05, 0.1) is 17.8 Å². The molecule has 0 atom stereocenters. The zero-order valence-corrected chi connectivity index (χ0v) is 12.6. The maximum Gasteiger partial charge on any atom is 0.255 e. The van der Waals surface area contributed by atoms with Crippen molar-refractivity contribution >= 4 is 23.3 Å². The number of hydrogen-bond donors (Lipinski definition) is 1. The molecule has 23 heavy (non-hydrogen) atoms. The van der Waals surface area contributed by atoms with E-state index in [0.29, 0.717) is 17.9 Å². The molecule has 0 saturated heterocycles. The van der Waals surface area contributed by atoms with E-state index in [2.05, 4.69) is 20.7 Å². The number of aryl methyl sites for hydroxylation is 2. The van der Waals surface area contributed by atoms with Crippen LogP contribution in [0.2, 0.25) is 0 Å². The summed E-state index contributed by atoms with van der Waals surface area (Å²) in [4.78, 5) is 23.9. The van der Waals surface area contributed by atoms with Gasteiger partial charge in [-0.05, 0) is 12.1 Å². The van der Waals surface area contributed by atoms with Gasteiger partial charge in [0.15, 0.2) is 0 Å². The standard InChI is InChI=1S/C15H16N6O2/c1-20-10-11(17-19-20)7-8-14(22)16-13-9-15(23)21(18-13)12-5-3-2-4-6-12/h2-6,10H,7-9H2,1H3,(H,16,18,22). The van der Waals surface area contributed by atoms with Crippen LogP contribution in [0.4, 0.5) is 5.69 Å². The maximum absolute atomic E-state index is 12.0. The van der Waals surface area contributed by atoms with Gasteiger partial charge in [0.1, 0.15) is 5.84 Å². The quantitative estimate of drug-likeness (QED) is 0.895. The van der Waals surface area contributed by atoms with E-state index in [4.69, 9.17) is 0 Å². The first-order valence-electron chi connectivity index (χ1n) is 7.22. The fourth-order valence-electron chi connectivity index (χ4n) is 2.24. The first-order chi connectivity index (χ1) is 11.1. The van der Waals surface area contributed by atoms with Gasteiger partial charge in [-0.15, -0.1) is 5.10 Å². The number of anilines is 1. The summed E-state index contributed by atoms with van der Waals surface area (Å²) in [6, 6.07) is 9.11. The lowest BCUT2D eigenvalue weighted by atomic mass is 10.2. The molecule has 0 unspecified atom stereocenters. The Bertz CT molecular complexity index is 752. The van der Waals surface area contributed by atoms with Crippen LogP contribution in [0.5, 0.6) is 0 Å². The van der Waals surface area contributed by atoms with Crippen molar-refractivity contribution in [3.05, 3.63) is 42.2 Å². The van der Waals surface area contributed by atoms with Gasteiger partial charge >= 0.3 is 0 Å². The Balaban J connectivity index is 1.57. The average Bonchev–Trinajstić information content (AvgIpc) is 3.12. The summed E-state index contributed by atoms with van der Waals surface area (Å²) < 4.78 is 1.59. The van der Waals surface area contributed by atoms with Crippen molar-refractivity contribution in [1.82, 2.24) is 20.3 Å². The second-order valence-corrected chi connectivity index (χ2v) is 5.20. The Morgan fingerprint density at radius 1 is 1.30 bits per heavy atom. The lowest BCUT2D eigenvalue weighted by Crippen LogP contribution is -2.29. The predicted octanol–water partition coefficient (Wildman–Crippen LogP) is 0.614. The highest BCUT2D eigenvalue weighted by Crippen LogP contribution is 2.19. The highest BCUT2D eigenvalue weighted by Gasteiger charge is 2.26. The summed E-state index contributed by atoms with van der Waals surface area (Å²) in [5, 5.41) is 15.9. The van der Waals surface area contributed by atoms with Crippen molar-refractivity contribution in [2.45, 2.75) is 19.3 Å². The number of rotatable bonds is 4. The van der Waals surface area contributed by atoms with Gasteiger partial charge < -0.3 is 5.32 Å². The Labute approximate surface area is 132 Å². The molecule has 0 saturated carbocycles. The normalized spacial score (nSPS) is 14.0. The van der Waals surface area contributed by atoms with Crippen molar-refractivity contribution in [2.75, 3.05) is 5.01 Å². The van der Waals surface area contributed by atoms with E-state index in [-0.39, 0.29) is 24.7 Å². The highest BCUT2D eigenvalue weighted by molar-refractivity contribution is 6.15. The van der Waals surface area contributed by atoms with E-state index in [1.165, 1.54) is 5.01 Å². The Morgan fingerprint density at radius 2 is 2.09 bits per heavy atom. The number of amides is 2. The molecule has 2 heterocycles. The number of para-hydroxylation sites is 1. The van der Waals surface area contributed by atoms with Crippen LogP contribution >= 0.6 is 0 Å². The van der Waals surface area contributed by atoms with Crippen LogP contribution in [0.25, 0.3) is 0 Å². The summed E-state index contributed by atoms with van der Waals surface area (Å²) in [5.41, 5.74) is 1.43. The molecule has 0 fully saturated rings. The lowest BCUT2D eigenvalue weighted by molar-refractivity contribution is -0.119. The fraction of sp³-hybridized carbons (Fsp3) is 0.267. The van der Waals surface area contributed by atoms with Gasteiger partial charge in [0.25, 0.3) is 5.91 Å². The van der Waals surface area contributed by atoms with Crippen LogP contribution in [0.1, 0.15) is 18.5 Å². The van der Waals surface area contributed by atoms with Crippen LogP contribution in [-0.4, -0.2) is 32.6 Å². The molecular weight excluding hydrogens is 296 g/mol. The minimum Gasteiger partial charge on any atom is -0.312 e. The van der Waals surface area contributed by atoms with Crippen molar-refractivity contribution < 1.29 is 9.59 Å². The molecule has 0 bridgehead atoms. The average molecular weight is 312 g/mol. The molecule has 2 aromatic rings. The van der Waals surface area contributed by atoms with E-state index in [1.807, 2.05) is 18.2 Å². The summed E-state index contributed by atoms with van der Waals surface area (Å²) in [7, 11) is 1.77. The second-order valence-electron chi connectivity index (χ2n) is 5.20. The molecule has 2 amide bonds. The number of nitrogens with zero attached hydrogens (tertiary/aromatic N) is 5. The van der Waals surface area contributed by atoms with Gasteiger partial charge in [-0.1, -0.05) is 23.4 Å². The lowest BCUT2D eigenvalue weighted by Gasteiger charge is -2.10. The third kappa shape index (κ3) is 3.60. The number of hydrazone groups is 1. The number of nitrogens with one attached hydrogen (secondary N) is 1. The monoisotopic (exact) mass is 312 g/mol. The number of aromatic nitrogens is 3. The third-order valence-corrected chi connectivity index (χ3v) is 3.32. The van der Waals surface area contributed by atoms with E-state index in [1.54, 1.807) is 30.1 Å². The highest BCUT2D eigenvalue weighted by atomic mass is 16.2. The molecule has 1 aliphatic heterocycles. The van der Waals surface area contributed by atoms with Gasteiger partial charge in [-0.2, -0.15) is 10.1 Å². The van der Waals surface area contributed by atoms with Crippen LogP contribution in [0.3, 0.4) is 0 Å². The molecule has 8 nitrogen and oxygen atoms in total. The Kier molecular flexibility index (Phi) is 4.13. The van der Waals surface area contributed by atoms with E-state index in [9.17, 15) is 9.59 Å². The van der Waals surface area contributed by atoms with E-state index < -0.39 is 0 Å². The smallest absolute Gasteiger partial charge is 0.255 e. The molecule has 8 heteroatoms. The fourth-order valence-corrected chi connectivity index (χ4v) is 2.24. The third-order valence-electron chi connectivity index (χ3n) is 3.32. The van der Waals surface area contributed by atoms with Crippen molar-refractivity contribution in [2.24, 2.45) is 12.1 Å². The van der Waals surface area contributed by atoms with Crippen molar-refractivity contribution in [1.29, 1.82) is 0 Å². The molecule has 1 aromatic heterocycles. The zero-order valence-electron chi connectivity index (χ0n) is 12.6. The maximum atomic E-state index is 12.0. The van der Waals surface area contributed by atoms with Gasteiger partial charge in [-0.25, -0.2) is 0 Å². The second kappa shape index (κ2) is 6.39. The Hall–Kier alpha value is -3.03. The van der Waals surface area contributed by atoms with Gasteiger partial charge in [0, 0.05) is 26.1 Å². The summed E-state index contributed by atoms with van der Waals surface area (Å²) >= 11 is 0. The molecule has 118 valence electrons. The number of hydrogen-bond acceptors (Lipinski definition) is 5. The molecule has 0 spiro atoms. The summed E-state index contributed by atoms with van der Waals surface area (Å²) in [5.74, 6) is 0.000500. The molecule has 0 aliphatic carbocycles. The molecule has 3 rings (SSSR count). The number of benzene rings is 1. The van der Waals surface area contributed by atoms with E-state index >= 15 is 0 Å². The van der Waals surface area contributed by atoms with Crippen molar-refractivity contribution in [3.63, 3.8) is 0 Å². The number of amidine groups is 1. The minimum absolute atomic E-state index is 0.0891. The van der Waals surface area contributed by atoms with Crippen LogP contribution in [-0.2, 0) is 23.1 Å². The van der Waals surface area contributed by atoms with Crippen LogP contribution < -0.4 is 10.3 Å². The first kappa shape index (κ1) is 14.9. The van der Waals surface area contributed by atoms with Gasteiger partial charge in [0.2, 0.25) is 5.91 Å². The predicted molar refractivity (Wildman–Crippen MR) is 83.4 cm³/mol. The SMILES string of the molecule is Cn1cc(CCC(=O)NC2=NN(c3ccccc3)C(=O)C2)nn1. The first-order valence-corrected chi connectivity index (χ1v) is 7.22. The summed E-state index contributed by atoms with van der Waals surface area (Å²) in [6.45, 7) is 0.